The highest BCUT2D eigenvalue weighted by Crippen LogP contribution is 2.15. The molecule has 7 nitrogen and oxygen atoms in total. The van der Waals surface area contributed by atoms with Gasteiger partial charge in [-0.05, 0) is 33.6 Å². The largest absolute Gasteiger partial charge is 0.373 e. The maximum Gasteiger partial charge on any atom is 0.286 e. The molecule has 0 spiro atoms. The fraction of sp³-hybridized carbons (Fsp3) is 0.167. The average Bonchev–Trinajstić information content (AvgIpc) is 2.43. The number of anilines is 1. The van der Waals surface area contributed by atoms with Gasteiger partial charge in [0.05, 0.1) is 22.1 Å². The lowest BCUT2D eigenvalue weighted by Crippen LogP contribution is -2.21. The minimum atomic E-state index is -0.535. The van der Waals surface area contributed by atoms with E-state index in [1.807, 2.05) is 0 Å². The van der Waals surface area contributed by atoms with Crippen LogP contribution in [-0.4, -0.2) is 21.5 Å². The van der Waals surface area contributed by atoms with Crippen molar-refractivity contribution in [2.45, 2.75) is 6.54 Å². The molecule has 0 aliphatic heterocycles. The molecule has 2 rings (SSSR count). The van der Waals surface area contributed by atoms with Crippen molar-refractivity contribution in [2.75, 3.05) is 12.4 Å². The Morgan fingerprint density at radius 1 is 1.50 bits per heavy atom. The van der Waals surface area contributed by atoms with E-state index in [1.54, 1.807) is 25.4 Å². The summed E-state index contributed by atoms with van der Waals surface area (Å²) in [5.74, 6) is 0.667. The van der Waals surface area contributed by atoms with Crippen LogP contribution in [0.15, 0.2) is 39.9 Å². The van der Waals surface area contributed by atoms with Crippen molar-refractivity contribution in [1.82, 2.24) is 9.55 Å². The Hall–Kier alpha value is -2.22. The predicted octanol–water partition coefficient (Wildman–Crippen LogP) is 2.00. The summed E-state index contributed by atoms with van der Waals surface area (Å²) >= 11 is 3.04. The molecule has 0 aliphatic rings. The van der Waals surface area contributed by atoms with E-state index in [-0.39, 0.29) is 22.3 Å². The fourth-order valence-corrected chi connectivity index (χ4v) is 2.17. The molecule has 104 valence electrons. The van der Waals surface area contributed by atoms with E-state index in [9.17, 15) is 14.9 Å². The van der Waals surface area contributed by atoms with E-state index in [1.165, 1.54) is 16.8 Å². The number of nitro groups is 1. The Labute approximate surface area is 122 Å². The van der Waals surface area contributed by atoms with Crippen LogP contribution in [0.25, 0.3) is 0 Å². The summed E-state index contributed by atoms with van der Waals surface area (Å²) in [4.78, 5) is 26.3. The van der Waals surface area contributed by atoms with Crippen LogP contribution in [0.3, 0.4) is 0 Å². The van der Waals surface area contributed by atoms with Crippen molar-refractivity contribution in [2.24, 2.45) is 0 Å². The van der Waals surface area contributed by atoms with E-state index in [2.05, 4.69) is 26.2 Å². The zero-order valence-electron chi connectivity index (χ0n) is 10.5. The second kappa shape index (κ2) is 5.83. The van der Waals surface area contributed by atoms with E-state index >= 15 is 0 Å². The molecule has 8 heteroatoms. The standard InChI is InChI=1S/C12H11BrN4O3/c1-14-11-4-8(2-3-15-11)6-16-7-9(17(19)20)5-10(13)12(16)18/h2-5,7H,6H2,1H3,(H,14,15). The molecule has 0 bridgehead atoms. The van der Waals surface area contributed by atoms with Gasteiger partial charge >= 0.3 is 0 Å². The van der Waals surface area contributed by atoms with Crippen molar-refractivity contribution in [1.29, 1.82) is 0 Å². The highest BCUT2D eigenvalue weighted by Gasteiger charge is 2.12. The van der Waals surface area contributed by atoms with E-state index in [0.717, 1.165) is 5.56 Å². The van der Waals surface area contributed by atoms with Crippen LogP contribution in [-0.2, 0) is 6.54 Å². The number of rotatable bonds is 4. The number of hydrogen-bond acceptors (Lipinski definition) is 5. The zero-order valence-corrected chi connectivity index (χ0v) is 12.1. The first kappa shape index (κ1) is 14.2. The van der Waals surface area contributed by atoms with Gasteiger partial charge in [0.1, 0.15) is 5.82 Å². The molecule has 20 heavy (non-hydrogen) atoms. The normalized spacial score (nSPS) is 10.3. The Morgan fingerprint density at radius 3 is 2.90 bits per heavy atom. The summed E-state index contributed by atoms with van der Waals surface area (Å²) < 4.78 is 1.45. The summed E-state index contributed by atoms with van der Waals surface area (Å²) in [6.07, 6.45) is 2.84. The van der Waals surface area contributed by atoms with E-state index in [4.69, 9.17) is 0 Å². The first-order valence-corrected chi connectivity index (χ1v) is 6.47. The number of aromatic nitrogens is 2. The molecule has 2 heterocycles. The first-order valence-electron chi connectivity index (χ1n) is 5.68. The quantitative estimate of drug-likeness (QED) is 0.680. The molecule has 0 amide bonds. The second-order valence-electron chi connectivity index (χ2n) is 4.04. The minimum Gasteiger partial charge on any atom is -0.373 e. The van der Waals surface area contributed by atoms with Gasteiger partial charge in [-0.2, -0.15) is 0 Å². The van der Waals surface area contributed by atoms with Gasteiger partial charge in [-0.15, -0.1) is 0 Å². The monoisotopic (exact) mass is 338 g/mol. The predicted molar refractivity (Wildman–Crippen MR) is 77.9 cm³/mol. The van der Waals surface area contributed by atoms with Crippen LogP contribution < -0.4 is 10.9 Å². The molecule has 0 fully saturated rings. The molecular weight excluding hydrogens is 328 g/mol. The Morgan fingerprint density at radius 2 is 2.25 bits per heavy atom. The van der Waals surface area contributed by atoms with Crippen LogP contribution in [0.1, 0.15) is 5.56 Å². The molecule has 0 aromatic carbocycles. The number of nitrogens with one attached hydrogen (secondary N) is 1. The fourth-order valence-electron chi connectivity index (χ4n) is 1.71. The third kappa shape index (κ3) is 3.02. The molecule has 0 saturated heterocycles. The van der Waals surface area contributed by atoms with Gasteiger partial charge in [-0.3, -0.25) is 14.9 Å². The molecule has 2 aromatic heterocycles. The molecule has 0 radical (unpaired) electrons. The molecule has 2 aromatic rings. The van der Waals surface area contributed by atoms with Gasteiger partial charge in [0.2, 0.25) is 0 Å². The third-order valence-corrected chi connectivity index (χ3v) is 3.24. The summed E-state index contributed by atoms with van der Waals surface area (Å²) in [6.45, 7) is 0.232. The summed E-state index contributed by atoms with van der Waals surface area (Å²) in [5, 5.41) is 13.7. The lowest BCUT2D eigenvalue weighted by molar-refractivity contribution is -0.385. The third-order valence-electron chi connectivity index (χ3n) is 2.67. The maximum absolute atomic E-state index is 12.0. The number of pyridine rings is 2. The Bertz CT molecular complexity index is 714. The van der Waals surface area contributed by atoms with E-state index in [0.29, 0.717) is 5.82 Å². The van der Waals surface area contributed by atoms with Crippen LogP contribution >= 0.6 is 15.9 Å². The Balaban J connectivity index is 2.42. The van der Waals surface area contributed by atoms with Crippen molar-refractivity contribution in [3.05, 3.63) is 61.1 Å². The smallest absolute Gasteiger partial charge is 0.286 e. The van der Waals surface area contributed by atoms with Gasteiger partial charge in [0, 0.05) is 19.3 Å². The van der Waals surface area contributed by atoms with Gasteiger partial charge in [0.15, 0.2) is 0 Å². The van der Waals surface area contributed by atoms with Gasteiger partial charge in [-0.1, -0.05) is 0 Å². The van der Waals surface area contributed by atoms with Gasteiger partial charge in [-0.25, -0.2) is 4.98 Å². The molecular formula is C12H11BrN4O3. The summed E-state index contributed by atoms with van der Waals surface area (Å²) in [7, 11) is 1.74. The van der Waals surface area contributed by atoms with Gasteiger partial charge in [0.25, 0.3) is 11.2 Å². The SMILES string of the molecule is CNc1cc(Cn2cc([N+](=O)[O-])cc(Br)c2=O)ccn1. The van der Waals surface area contributed by atoms with Crippen LogP contribution in [0.5, 0.6) is 0 Å². The molecule has 0 saturated carbocycles. The van der Waals surface area contributed by atoms with E-state index < -0.39 is 4.92 Å². The van der Waals surface area contributed by atoms with Crippen LogP contribution in [0.4, 0.5) is 11.5 Å². The lowest BCUT2D eigenvalue weighted by Gasteiger charge is -2.07. The zero-order chi connectivity index (χ0) is 14.7. The van der Waals surface area contributed by atoms with Crippen LogP contribution in [0, 0.1) is 10.1 Å². The number of nitrogens with zero attached hydrogens (tertiary/aromatic N) is 3. The lowest BCUT2D eigenvalue weighted by atomic mass is 10.2. The molecule has 0 unspecified atom stereocenters. The second-order valence-corrected chi connectivity index (χ2v) is 4.89. The van der Waals surface area contributed by atoms with Crippen molar-refractivity contribution >= 4 is 27.4 Å². The molecule has 0 atom stereocenters. The Kier molecular flexibility index (Phi) is 4.14. The van der Waals surface area contributed by atoms with Crippen molar-refractivity contribution in [3.63, 3.8) is 0 Å². The van der Waals surface area contributed by atoms with Gasteiger partial charge < -0.3 is 9.88 Å². The summed E-state index contributed by atoms with van der Waals surface area (Å²) in [5.41, 5.74) is 0.358. The van der Waals surface area contributed by atoms with Crippen molar-refractivity contribution in [3.8, 4) is 0 Å². The van der Waals surface area contributed by atoms with Crippen molar-refractivity contribution < 1.29 is 4.92 Å². The molecule has 1 N–H and O–H groups in total. The topological polar surface area (TPSA) is 90.1 Å². The highest BCUT2D eigenvalue weighted by molar-refractivity contribution is 9.10. The maximum atomic E-state index is 12.0. The summed E-state index contributed by atoms with van der Waals surface area (Å²) in [6, 6.07) is 4.73. The number of hydrogen-bond donors (Lipinski definition) is 1. The highest BCUT2D eigenvalue weighted by atomic mass is 79.9. The van der Waals surface area contributed by atoms with Crippen LogP contribution in [0.2, 0.25) is 0 Å². The average molecular weight is 339 g/mol. The molecule has 0 aliphatic carbocycles. The minimum absolute atomic E-state index is 0.139. The number of halogens is 1. The first-order chi connectivity index (χ1) is 9.51.